The summed E-state index contributed by atoms with van der Waals surface area (Å²) in [5.74, 6) is -2.05. The van der Waals surface area contributed by atoms with Gasteiger partial charge in [-0.05, 0) is 36.4 Å². The van der Waals surface area contributed by atoms with Crippen LogP contribution in [-0.2, 0) is 28.2 Å². The third-order valence-corrected chi connectivity index (χ3v) is 8.32. The molecule has 15 heteroatoms. The van der Waals surface area contributed by atoms with E-state index in [4.69, 9.17) is 17.8 Å². The number of benzene rings is 3. The van der Waals surface area contributed by atoms with Gasteiger partial charge >= 0.3 is 16.4 Å². The quantitative estimate of drug-likeness (QED) is 0.188. The summed E-state index contributed by atoms with van der Waals surface area (Å²) in [5, 5.41) is 0. The number of nitrogens with zero attached hydrogens (tertiary/aromatic N) is 5. The van der Waals surface area contributed by atoms with Crippen molar-refractivity contribution in [3.63, 3.8) is 0 Å². The molecule has 3 aromatic carbocycles. The Morgan fingerprint density at radius 1 is 0.761 bits per heavy atom. The summed E-state index contributed by atoms with van der Waals surface area (Å²) in [7, 11) is -4.40. The monoisotopic (exact) mass is 641 g/mol. The minimum absolute atomic E-state index is 0.0527. The van der Waals surface area contributed by atoms with Crippen LogP contribution in [0.25, 0.3) is 11.2 Å². The Morgan fingerprint density at radius 2 is 1.33 bits per heavy atom. The number of carbonyl (C=O) groups is 3. The molecule has 232 valence electrons. The first-order valence-electron chi connectivity index (χ1n) is 14.0. The molecule has 2 aromatic heterocycles. The fraction of sp³-hybridized carbons (Fsp3) is 0.161. The van der Waals surface area contributed by atoms with Gasteiger partial charge in [0.25, 0.3) is 11.8 Å². The summed E-state index contributed by atoms with van der Waals surface area (Å²) < 4.78 is 48.0. The van der Waals surface area contributed by atoms with Gasteiger partial charge in [0.15, 0.2) is 29.3 Å². The van der Waals surface area contributed by atoms with E-state index in [1.807, 2.05) is 0 Å². The highest BCUT2D eigenvalue weighted by Gasteiger charge is 2.57. The molecule has 46 heavy (non-hydrogen) atoms. The van der Waals surface area contributed by atoms with E-state index in [1.165, 1.54) is 10.9 Å². The highest BCUT2D eigenvalue weighted by Crippen LogP contribution is 2.41. The molecule has 2 aliphatic heterocycles. The molecule has 14 nitrogen and oxygen atoms in total. The molecule has 0 bridgehead atoms. The minimum atomic E-state index is -4.40. The maximum absolute atomic E-state index is 13.8. The highest BCUT2D eigenvalue weighted by molar-refractivity contribution is 7.82. The van der Waals surface area contributed by atoms with Crippen molar-refractivity contribution in [2.45, 2.75) is 24.5 Å². The molecule has 0 radical (unpaired) electrons. The van der Waals surface area contributed by atoms with Crippen LogP contribution in [-0.4, -0.2) is 70.6 Å². The van der Waals surface area contributed by atoms with Crippen LogP contribution in [0.3, 0.4) is 0 Å². The van der Waals surface area contributed by atoms with Gasteiger partial charge < -0.3 is 9.47 Å². The fourth-order valence-electron chi connectivity index (χ4n) is 5.29. The van der Waals surface area contributed by atoms with Crippen LogP contribution in [0.5, 0.6) is 0 Å². The number of anilines is 1. The number of imidazole rings is 1. The molecule has 5 aromatic rings. The van der Waals surface area contributed by atoms with Crippen molar-refractivity contribution >= 4 is 45.2 Å². The minimum Gasteiger partial charge on any atom is -0.459 e. The Hall–Kier alpha value is -5.35. The SMILES string of the molecule is O=C(OC[C@@H]1O[C@H](n2cnc3c(N(C(=O)c4ccccc4)C(=O)c4ccccc4)ncnc32)[C@@H]2OS(=O)(=O)O[C@H]21)c1ccccc1. The van der Waals surface area contributed by atoms with Crippen LogP contribution in [0.15, 0.2) is 104 Å². The van der Waals surface area contributed by atoms with Gasteiger partial charge in [-0.2, -0.15) is 8.42 Å². The van der Waals surface area contributed by atoms with E-state index >= 15 is 0 Å². The van der Waals surface area contributed by atoms with Crippen molar-refractivity contribution in [3.8, 4) is 0 Å². The number of hydrogen-bond acceptors (Lipinski definition) is 12. The lowest BCUT2D eigenvalue weighted by atomic mass is 10.1. The zero-order valence-corrected chi connectivity index (χ0v) is 24.5. The molecule has 2 fully saturated rings. The highest BCUT2D eigenvalue weighted by atomic mass is 32.3. The maximum Gasteiger partial charge on any atom is 0.400 e. The van der Waals surface area contributed by atoms with Crippen molar-refractivity contribution in [2.75, 3.05) is 11.5 Å². The van der Waals surface area contributed by atoms with E-state index in [0.717, 1.165) is 11.2 Å². The third kappa shape index (κ3) is 5.41. The van der Waals surface area contributed by atoms with Crippen LogP contribution in [0, 0.1) is 0 Å². The Labute approximate surface area is 261 Å². The number of fused-ring (bicyclic) bond motifs is 2. The number of amides is 2. The smallest absolute Gasteiger partial charge is 0.400 e. The van der Waals surface area contributed by atoms with E-state index in [2.05, 4.69) is 15.0 Å². The number of hydrogen-bond donors (Lipinski definition) is 0. The lowest BCUT2D eigenvalue weighted by Gasteiger charge is -2.21. The first kappa shape index (κ1) is 29.4. The number of carbonyl (C=O) groups excluding carboxylic acids is 3. The second kappa shape index (κ2) is 11.9. The van der Waals surface area contributed by atoms with Gasteiger partial charge in [-0.3, -0.25) is 14.2 Å². The predicted molar refractivity (Wildman–Crippen MR) is 159 cm³/mol. The number of imide groups is 1. The van der Waals surface area contributed by atoms with Gasteiger partial charge in [-0.25, -0.2) is 33.0 Å². The molecule has 4 atom stereocenters. The summed E-state index contributed by atoms with van der Waals surface area (Å²) in [5.41, 5.74) is 0.922. The Kier molecular flexibility index (Phi) is 7.58. The number of esters is 1. The molecule has 0 spiro atoms. The lowest BCUT2D eigenvalue weighted by molar-refractivity contribution is -0.0595. The van der Waals surface area contributed by atoms with Crippen LogP contribution in [0.4, 0.5) is 5.82 Å². The zero-order valence-electron chi connectivity index (χ0n) is 23.7. The van der Waals surface area contributed by atoms with Crippen molar-refractivity contribution in [2.24, 2.45) is 0 Å². The Bertz CT molecular complexity index is 1990. The Morgan fingerprint density at radius 3 is 1.93 bits per heavy atom. The molecule has 2 saturated heterocycles. The molecule has 2 amide bonds. The van der Waals surface area contributed by atoms with E-state index in [1.54, 1.807) is 91.0 Å². The first-order chi connectivity index (χ1) is 22.3. The lowest BCUT2D eigenvalue weighted by Crippen LogP contribution is -2.38. The zero-order chi connectivity index (χ0) is 31.8. The standard InChI is InChI=1S/C31H23N5O9S/c37-28(19-10-4-1-5-11-19)36(29(38)20-12-6-2-7-13-20)27-23-26(32-17-33-27)35(18-34-23)30-25-24(44-46(40,41)45-25)22(43-30)16-42-31(39)21-14-8-3-9-15-21/h1-15,17-18,22,24-25,30H,16H2/t22-,24-,25+,30-/m0/s1. The molecule has 2 aliphatic rings. The number of rotatable bonds is 7. The molecule has 0 unspecified atom stereocenters. The molecule has 4 heterocycles. The van der Waals surface area contributed by atoms with Gasteiger partial charge in [-0.1, -0.05) is 54.6 Å². The number of ether oxygens (including phenoxy) is 2. The first-order valence-corrected chi connectivity index (χ1v) is 15.3. The van der Waals surface area contributed by atoms with E-state index < -0.39 is 52.7 Å². The molecule has 0 aliphatic carbocycles. The van der Waals surface area contributed by atoms with Crippen LogP contribution in [0.1, 0.15) is 37.3 Å². The topological polar surface area (TPSA) is 169 Å². The molecule has 0 saturated carbocycles. The maximum atomic E-state index is 13.8. The predicted octanol–water partition coefficient (Wildman–Crippen LogP) is 3.10. The molecule has 7 rings (SSSR count). The summed E-state index contributed by atoms with van der Waals surface area (Å²) in [4.78, 5) is 54.1. The normalized spacial score (nSPS) is 21.5. The van der Waals surface area contributed by atoms with Crippen LogP contribution >= 0.6 is 0 Å². The van der Waals surface area contributed by atoms with Crippen LogP contribution in [0.2, 0.25) is 0 Å². The van der Waals surface area contributed by atoms with Gasteiger partial charge in [-0.15, -0.1) is 0 Å². The number of aromatic nitrogens is 4. The second-order valence-electron chi connectivity index (χ2n) is 10.3. The van der Waals surface area contributed by atoms with E-state index in [9.17, 15) is 22.8 Å². The molecular formula is C31H23N5O9S. The van der Waals surface area contributed by atoms with Crippen molar-refractivity contribution in [1.82, 2.24) is 19.5 Å². The van der Waals surface area contributed by atoms with Crippen molar-refractivity contribution in [1.29, 1.82) is 0 Å². The summed E-state index contributed by atoms with van der Waals surface area (Å²) in [6.45, 7) is -0.345. The third-order valence-electron chi connectivity index (χ3n) is 7.40. The van der Waals surface area contributed by atoms with Crippen molar-refractivity contribution in [3.05, 3.63) is 120 Å². The fourth-order valence-corrected chi connectivity index (χ4v) is 6.32. The summed E-state index contributed by atoms with van der Waals surface area (Å²) in [6, 6.07) is 24.7. The average molecular weight is 642 g/mol. The van der Waals surface area contributed by atoms with Gasteiger partial charge in [0.2, 0.25) is 0 Å². The molecule has 0 N–H and O–H groups in total. The summed E-state index contributed by atoms with van der Waals surface area (Å²) in [6.07, 6.45) is -2.13. The van der Waals surface area contributed by atoms with E-state index in [-0.39, 0.29) is 34.7 Å². The molecular weight excluding hydrogens is 618 g/mol. The van der Waals surface area contributed by atoms with Gasteiger partial charge in [0.1, 0.15) is 25.1 Å². The van der Waals surface area contributed by atoms with E-state index in [0.29, 0.717) is 5.56 Å². The second-order valence-corrected chi connectivity index (χ2v) is 11.5. The van der Waals surface area contributed by atoms with Gasteiger partial charge in [0.05, 0.1) is 11.9 Å². The van der Waals surface area contributed by atoms with Gasteiger partial charge in [0, 0.05) is 11.1 Å². The Balaban J connectivity index is 1.24. The van der Waals surface area contributed by atoms with Crippen molar-refractivity contribution < 1.29 is 40.6 Å². The largest absolute Gasteiger partial charge is 0.459 e. The van der Waals surface area contributed by atoms with Crippen LogP contribution < -0.4 is 4.90 Å². The summed E-state index contributed by atoms with van der Waals surface area (Å²) >= 11 is 0. The average Bonchev–Trinajstić information content (AvgIpc) is 3.75.